The number of hydrogen-bond donors (Lipinski definition) is 4. The second kappa shape index (κ2) is 16.5. The molecular weight excluding hydrogens is 580 g/mol. The number of aliphatic hydroxyl groups excluding tert-OH is 1. The van der Waals surface area contributed by atoms with Crippen LogP contribution in [0.1, 0.15) is 75.7 Å². The van der Waals surface area contributed by atoms with Crippen molar-refractivity contribution in [2.75, 3.05) is 44.0 Å². The van der Waals surface area contributed by atoms with Crippen LogP contribution in [0.5, 0.6) is 5.75 Å². The molecule has 0 spiro atoms. The van der Waals surface area contributed by atoms with E-state index in [1.807, 2.05) is 27.7 Å². The monoisotopic (exact) mass is 630 g/mol. The van der Waals surface area contributed by atoms with E-state index in [1.54, 1.807) is 55.8 Å². The van der Waals surface area contributed by atoms with Crippen molar-refractivity contribution in [2.24, 2.45) is 5.92 Å². The Labute approximate surface area is 266 Å². The molecule has 0 saturated heterocycles. The van der Waals surface area contributed by atoms with Gasteiger partial charge in [-0.3, -0.25) is 4.79 Å². The first-order valence-corrected chi connectivity index (χ1v) is 15.7. The zero-order valence-electron chi connectivity index (χ0n) is 27.8. The lowest BCUT2D eigenvalue weighted by Gasteiger charge is -2.35. The van der Waals surface area contributed by atoms with Crippen molar-refractivity contribution in [2.45, 2.75) is 92.0 Å². The van der Waals surface area contributed by atoms with Crippen LogP contribution < -0.4 is 20.7 Å². The van der Waals surface area contributed by atoms with Gasteiger partial charge in [-0.1, -0.05) is 12.1 Å². The summed E-state index contributed by atoms with van der Waals surface area (Å²) in [6, 6.07) is 3.70. The Kier molecular flexibility index (Phi) is 13.0. The van der Waals surface area contributed by atoms with Gasteiger partial charge in [0, 0.05) is 44.4 Å². The van der Waals surface area contributed by atoms with E-state index in [0.717, 1.165) is 19.3 Å². The molecule has 13 nitrogen and oxygen atoms in total. The summed E-state index contributed by atoms with van der Waals surface area (Å²) in [5.41, 5.74) is 1.84. The second-order valence-electron chi connectivity index (χ2n) is 12.3. The van der Waals surface area contributed by atoms with Crippen molar-refractivity contribution in [1.82, 2.24) is 20.3 Å². The van der Waals surface area contributed by atoms with Crippen LogP contribution in [-0.2, 0) is 4.74 Å². The van der Waals surface area contributed by atoms with E-state index in [2.05, 4.69) is 21.1 Å². The summed E-state index contributed by atoms with van der Waals surface area (Å²) < 4.78 is 17.8. The minimum absolute atomic E-state index is 0.0633. The van der Waals surface area contributed by atoms with Crippen LogP contribution in [-0.4, -0.2) is 95.7 Å². The number of aliphatic hydroxyl groups is 1. The maximum Gasteiger partial charge on any atom is 0.321 e. The molecule has 5 amide bonds. The average Bonchev–Trinajstić information content (AvgIpc) is 3.30. The fourth-order valence-corrected chi connectivity index (χ4v) is 5.11. The second-order valence-corrected chi connectivity index (χ2v) is 12.3. The Morgan fingerprint density at radius 1 is 1.16 bits per heavy atom. The van der Waals surface area contributed by atoms with Crippen molar-refractivity contribution >= 4 is 29.3 Å². The van der Waals surface area contributed by atoms with E-state index in [9.17, 15) is 19.5 Å². The number of urea groups is 2. The average molecular weight is 631 g/mol. The maximum atomic E-state index is 14.2. The lowest BCUT2D eigenvalue weighted by Crippen LogP contribution is -2.48. The van der Waals surface area contributed by atoms with Crippen LogP contribution in [0.25, 0.3) is 0 Å². The molecule has 1 aromatic heterocycles. The van der Waals surface area contributed by atoms with Crippen LogP contribution in [0.3, 0.4) is 0 Å². The molecule has 250 valence electrons. The van der Waals surface area contributed by atoms with Crippen molar-refractivity contribution in [1.29, 1.82) is 0 Å². The molecule has 1 aliphatic heterocycles. The van der Waals surface area contributed by atoms with Gasteiger partial charge in [0.2, 0.25) is 0 Å². The number of aryl methyl sites for hydroxylation is 2. The van der Waals surface area contributed by atoms with Gasteiger partial charge in [0.15, 0.2) is 5.76 Å². The Hall–Kier alpha value is -3.84. The Balaban J connectivity index is 1.90. The third kappa shape index (κ3) is 10.1. The molecule has 1 aliphatic rings. The highest BCUT2D eigenvalue weighted by molar-refractivity contribution is 5.99. The number of nitrogens with one attached hydrogen (secondary N) is 3. The van der Waals surface area contributed by atoms with Crippen molar-refractivity contribution in [3.8, 4) is 5.75 Å². The zero-order chi connectivity index (χ0) is 33.3. The number of rotatable bonds is 7. The fraction of sp³-hybridized carbons (Fsp3) is 0.625. The summed E-state index contributed by atoms with van der Waals surface area (Å²) in [7, 11) is 1.69. The highest BCUT2D eigenvalue weighted by Gasteiger charge is 2.31. The minimum atomic E-state index is -0.528. The minimum Gasteiger partial charge on any atom is -0.490 e. The summed E-state index contributed by atoms with van der Waals surface area (Å²) in [5, 5.41) is 22.5. The Morgan fingerprint density at radius 3 is 2.53 bits per heavy atom. The highest BCUT2D eigenvalue weighted by Crippen LogP contribution is 2.29. The van der Waals surface area contributed by atoms with Crippen LogP contribution in [0.4, 0.5) is 21.0 Å². The Bertz CT molecular complexity index is 1280. The Morgan fingerprint density at radius 2 is 1.89 bits per heavy atom. The van der Waals surface area contributed by atoms with Gasteiger partial charge in [-0.15, -0.1) is 0 Å². The smallest absolute Gasteiger partial charge is 0.321 e. The molecule has 45 heavy (non-hydrogen) atoms. The van der Waals surface area contributed by atoms with Gasteiger partial charge in [0.25, 0.3) is 5.91 Å². The summed E-state index contributed by atoms with van der Waals surface area (Å²) in [6.07, 6.45) is 1.79. The summed E-state index contributed by atoms with van der Waals surface area (Å²) in [5.74, 6) is 0.354. The molecule has 0 bridgehead atoms. The quantitative estimate of drug-likeness (QED) is 0.340. The third-order valence-electron chi connectivity index (χ3n) is 7.79. The summed E-state index contributed by atoms with van der Waals surface area (Å²) in [6.45, 7) is 13.6. The molecule has 0 radical (unpaired) electrons. The standard InChI is InChI=1S/C32H50N6O7/c1-19(2)33-31(41)34-25-12-13-27-26(15-25)30(40)38(21(4)18-39)16-20(3)28(43-14-10-9-11-22(5)44-27)17-37(8)32(42)35-29-23(6)36-45-24(29)7/h12-13,15,19-22,28,39H,9-11,14,16-18H2,1-8H3,(H,35,42)(H2,33,34,41)/t20-,21+,22-,28+/m0/s1. The SMILES string of the molecule is Cc1noc(C)c1NC(=O)N(C)C[C@H]1OCCCC[C@H](C)Oc2ccc(NC(=O)NC(C)C)cc2C(=O)N([C@H](C)CO)C[C@@H]1C. The van der Waals surface area contributed by atoms with Gasteiger partial charge in [-0.05, 0) is 79.0 Å². The number of aromatic nitrogens is 1. The number of amides is 5. The van der Waals surface area contributed by atoms with E-state index in [0.29, 0.717) is 35.2 Å². The normalized spacial score (nSPS) is 20.4. The van der Waals surface area contributed by atoms with Crippen molar-refractivity contribution < 1.29 is 33.5 Å². The number of fused-ring (bicyclic) bond motifs is 1. The zero-order valence-corrected chi connectivity index (χ0v) is 27.8. The number of anilines is 2. The lowest BCUT2D eigenvalue weighted by molar-refractivity contribution is -0.0115. The molecule has 4 atom stereocenters. The van der Waals surface area contributed by atoms with Crippen LogP contribution >= 0.6 is 0 Å². The molecule has 1 aromatic carbocycles. The fourth-order valence-electron chi connectivity index (χ4n) is 5.11. The molecule has 0 unspecified atom stereocenters. The van der Waals surface area contributed by atoms with E-state index >= 15 is 0 Å². The third-order valence-corrected chi connectivity index (χ3v) is 7.79. The maximum absolute atomic E-state index is 14.2. The number of ether oxygens (including phenoxy) is 2. The molecule has 2 heterocycles. The predicted molar refractivity (Wildman–Crippen MR) is 172 cm³/mol. The predicted octanol–water partition coefficient (Wildman–Crippen LogP) is 4.78. The lowest BCUT2D eigenvalue weighted by atomic mass is 10.0. The van der Waals surface area contributed by atoms with Crippen molar-refractivity contribution in [3.05, 3.63) is 35.2 Å². The van der Waals surface area contributed by atoms with Crippen LogP contribution in [0.2, 0.25) is 0 Å². The number of nitrogens with zero attached hydrogens (tertiary/aromatic N) is 3. The number of hydrogen-bond acceptors (Lipinski definition) is 8. The van der Waals surface area contributed by atoms with Crippen molar-refractivity contribution in [3.63, 3.8) is 0 Å². The van der Waals surface area contributed by atoms with E-state index < -0.39 is 12.1 Å². The summed E-state index contributed by atoms with van der Waals surface area (Å²) in [4.78, 5) is 42.9. The first-order valence-electron chi connectivity index (χ1n) is 15.7. The first kappa shape index (κ1) is 35.6. The van der Waals surface area contributed by atoms with Gasteiger partial charge in [0.1, 0.15) is 17.1 Å². The molecule has 0 fully saturated rings. The highest BCUT2D eigenvalue weighted by atomic mass is 16.5. The number of carbonyl (C=O) groups excluding carboxylic acids is 3. The first-order chi connectivity index (χ1) is 21.3. The van der Waals surface area contributed by atoms with E-state index in [1.165, 1.54) is 0 Å². The number of benzene rings is 1. The molecule has 0 saturated carbocycles. The molecule has 3 rings (SSSR count). The number of likely N-dealkylation sites (N-methyl/N-ethyl adjacent to an activating group) is 1. The van der Waals surface area contributed by atoms with Gasteiger partial charge in [-0.25, -0.2) is 9.59 Å². The molecule has 2 aromatic rings. The van der Waals surface area contributed by atoms with E-state index in [4.69, 9.17) is 14.0 Å². The van der Waals surface area contributed by atoms with Gasteiger partial charge in [-0.2, -0.15) is 0 Å². The van der Waals surface area contributed by atoms with Crippen LogP contribution in [0.15, 0.2) is 22.7 Å². The van der Waals surface area contributed by atoms with Crippen LogP contribution in [0, 0.1) is 19.8 Å². The summed E-state index contributed by atoms with van der Waals surface area (Å²) >= 11 is 0. The van der Waals surface area contributed by atoms with Gasteiger partial charge >= 0.3 is 12.1 Å². The molecule has 0 aliphatic carbocycles. The largest absolute Gasteiger partial charge is 0.490 e. The van der Waals surface area contributed by atoms with E-state index in [-0.39, 0.29) is 61.3 Å². The molecular formula is C32H50N6O7. The van der Waals surface area contributed by atoms with Gasteiger partial charge < -0.3 is 44.9 Å². The molecule has 4 N–H and O–H groups in total. The van der Waals surface area contributed by atoms with Gasteiger partial charge in [0.05, 0.1) is 30.4 Å². The number of carbonyl (C=O) groups is 3. The topological polar surface area (TPSA) is 158 Å². The molecule has 13 heteroatoms.